The number of phenolic OH excluding ortho intramolecular Hbond substituents is 1. The van der Waals surface area contributed by atoms with Crippen molar-refractivity contribution in [1.82, 2.24) is 4.98 Å². The maximum atomic E-state index is 9.60. The summed E-state index contributed by atoms with van der Waals surface area (Å²) in [6.07, 6.45) is 0. The Bertz CT molecular complexity index is 483. The van der Waals surface area contributed by atoms with Gasteiger partial charge in [0, 0.05) is 18.0 Å². The van der Waals surface area contributed by atoms with Crippen LogP contribution in [0.25, 0.3) is 10.9 Å². The van der Waals surface area contributed by atoms with Crippen LogP contribution in [0.4, 0.5) is 0 Å². The number of pyridine rings is 1. The van der Waals surface area contributed by atoms with Gasteiger partial charge in [-0.1, -0.05) is 6.07 Å². The summed E-state index contributed by atoms with van der Waals surface area (Å²) in [6.45, 7) is 0.234. The highest BCUT2D eigenvalue weighted by Gasteiger charge is 2.06. The van der Waals surface area contributed by atoms with Gasteiger partial charge in [-0.3, -0.25) is 0 Å². The highest BCUT2D eigenvalue weighted by atomic mass is 16.3. The van der Waals surface area contributed by atoms with Crippen molar-refractivity contribution in [3.05, 3.63) is 30.0 Å². The van der Waals surface area contributed by atoms with Crippen LogP contribution in [0.1, 0.15) is 5.69 Å². The molecule has 4 nitrogen and oxygen atoms in total. The number of phenols is 1. The molecule has 0 unspecified atom stereocenters. The van der Waals surface area contributed by atoms with Crippen LogP contribution >= 0.6 is 0 Å². The van der Waals surface area contributed by atoms with E-state index in [-0.39, 0.29) is 18.0 Å². The number of para-hydroxylation sites is 1. The second-order valence-electron chi connectivity index (χ2n) is 3.01. The molecule has 0 radical (unpaired) electrons. The third-order valence-electron chi connectivity index (χ3n) is 2.06. The first kappa shape index (κ1) is 8.77. The normalized spacial score (nSPS) is 10.6. The zero-order valence-corrected chi connectivity index (χ0v) is 7.44. The summed E-state index contributed by atoms with van der Waals surface area (Å²) in [5.41, 5.74) is 6.34. The second kappa shape index (κ2) is 3.16. The zero-order chi connectivity index (χ0) is 10.1. The van der Waals surface area contributed by atoms with Crippen molar-refractivity contribution < 1.29 is 10.2 Å². The molecule has 1 aromatic carbocycles. The zero-order valence-electron chi connectivity index (χ0n) is 7.44. The van der Waals surface area contributed by atoms with Crippen LogP contribution in [0.3, 0.4) is 0 Å². The van der Waals surface area contributed by atoms with Crippen molar-refractivity contribution in [3.8, 4) is 11.5 Å². The van der Waals surface area contributed by atoms with Gasteiger partial charge in [0.15, 0.2) is 0 Å². The molecule has 2 rings (SSSR count). The van der Waals surface area contributed by atoms with Crippen LogP contribution in [-0.4, -0.2) is 15.2 Å². The van der Waals surface area contributed by atoms with Crippen molar-refractivity contribution >= 4 is 10.9 Å². The smallest absolute Gasteiger partial charge is 0.141 e. The SMILES string of the molecule is NCc1cc(O)c2cccc(O)c2n1. The summed E-state index contributed by atoms with van der Waals surface area (Å²) < 4.78 is 0. The molecule has 0 atom stereocenters. The Balaban J connectivity index is 2.83. The molecule has 4 N–H and O–H groups in total. The molecule has 14 heavy (non-hydrogen) atoms. The molecule has 0 saturated heterocycles. The van der Waals surface area contributed by atoms with Gasteiger partial charge in [0.1, 0.15) is 17.0 Å². The Morgan fingerprint density at radius 2 is 2.00 bits per heavy atom. The molecule has 0 fully saturated rings. The van der Waals surface area contributed by atoms with Gasteiger partial charge in [0.2, 0.25) is 0 Å². The number of rotatable bonds is 1. The number of nitrogens with two attached hydrogens (primary N) is 1. The molecule has 1 heterocycles. The van der Waals surface area contributed by atoms with Gasteiger partial charge >= 0.3 is 0 Å². The number of aromatic nitrogens is 1. The minimum absolute atomic E-state index is 0.0492. The molecule has 0 bridgehead atoms. The van der Waals surface area contributed by atoms with Crippen LogP contribution in [0.5, 0.6) is 11.5 Å². The summed E-state index contributed by atoms with van der Waals surface area (Å²) in [7, 11) is 0. The van der Waals surface area contributed by atoms with E-state index in [1.165, 1.54) is 12.1 Å². The molecular formula is C10H10N2O2. The first-order chi connectivity index (χ1) is 6.72. The number of hydrogen-bond acceptors (Lipinski definition) is 4. The standard InChI is InChI=1S/C10H10N2O2/c11-5-6-4-9(14)7-2-1-3-8(13)10(7)12-6/h1-4,13H,5,11H2,(H,12,14). The van der Waals surface area contributed by atoms with Crippen molar-refractivity contribution in [1.29, 1.82) is 0 Å². The van der Waals surface area contributed by atoms with E-state index >= 15 is 0 Å². The van der Waals surface area contributed by atoms with Crippen LogP contribution in [0.15, 0.2) is 24.3 Å². The van der Waals surface area contributed by atoms with Crippen LogP contribution in [0.2, 0.25) is 0 Å². The summed E-state index contributed by atoms with van der Waals surface area (Å²) in [5.74, 6) is 0.138. The van der Waals surface area contributed by atoms with E-state index in [9.17, 15) is 10.2 Å². The lowest BCUT2D eigenvalue weighted by Crippen LogP contribution is -1.99. The number of fused-ring (bicyclic) bond motifs is 1. The maximum absolute atomic E-state index is 9.60. The molecule has 0 spiro atoms. The molecule has 0 aliphatic carbocycles. The summed E-state index contributed by atoms with van der Waals surface area (Å²) in [6, 6.07) is 6.37. The maximum Gasteiger partial charge on any atom is 0.141 e. The van der Waals surface area contributed by atoms with E-state index in [1.54, 1.807) is 12.1 Å². The van der Waals surface area contributed by atoms with E-state index in [2.05, 4.69) is 4.98 Å². The Labute approximate surface area is 80.6 Å². The topological polar surface area (TPSA) is 79.4 Å². The van der Waals surface area contributed by atoms with Gasteiger partial charge in [-0.2, -0.15) is 0 Å². The molecule has 0 saturated carbocycles. The summed E-state index contributed by atoms with van der Waals surface area (Å²) >= 11 is 0. The minimum Gasteiger partial charge on any atom is -0.507 e. The summed E-state index contributed by atoms with van der Waals surface area (Å²) in [4.78, 5) is 4.12. The van der Waals surface area contributed by atoms with Crippen LogP contribution < -0.4 is 5.73 Å². The van der Waals surface area contributed by atoms with E-state index in [4.69, 9.17) is 5.73 Å². The lowest BCUT2D eigenvalue weighted by Gasteiger charge is -2.04. The molecule has 4 heteroatoms. The van der Waals surface area contributed by atoms with Crippen molar-refractivity contribution in [2.45, 2.75) is 6.54 Å². The fourth-order valence-electron chi connectivity index (χ4n) is 1.37. The fraction of sp³-hybridized carbons (Fsp3) is 0.100. The Hall–Kier alpha value is -1.81. The van der Waals surface area contributed by atoms with Crippen molar-refractivity contribution in [3.63, 3.8) is 0 Å². The first-order valence-corrected chi connectivity index (χ1v) is 4.23. The number of hydrogen-bond donors (Lipinski definition) is 3. The van der Waals surface area contributed by atoms with E-state index in [0.29, 0.717) is 16.6 Å². The molecule has 0 amide bonds. The predicted molar refractivity (Wildman–Crippen MR) is 53.0 cm³/mol. The van der Waals surface area contributed by atoms with Crippen LogP contribution in [-0.2, 0) is 6.54 Å². The van der Waals surface area contributed by atoms with Gasteiger partial charge in [-0.25, -0.2) is 4.98 Å². The Kier molecular flexibility index (Phi) is 1.98. The van der Waals surface area contributed by atoms with E-state index < -0.39 is 0 Å². The minimum atomic E-state index is 0.0492. The largest absolute Gasteiger partial charge is 0.507 e. The summed E-state index contributed by atoms with van der Waals surface area (Å²) in [5, 5.41) is 19.6. The highest BCUT2D eigenvalue weighted by molar-refractivity contribution is 5.89. The fourth-order valence-corrected chi connectivity index (χ4v) is 1.37. The average Bonchev–Trinajstić information content (AvgIpc) is 2.19. The first-order valence-electron chi connectivity index (χ1n) is 4.23. The molecule has 2 aromatic rings. The van der Waals surface area contributed by atoms with Gasteiger partial charge in [-0.15, -0.1) is 0 Å². The van der Waals surface area contributed by atoms with Gasteiger partial charge in [-0.05, 0) is 12.1 Å². The third kappa shape index (κ3) is 1.25. The van der Waals surface area contributed by atoms with E-state index in [1.807, 2.05) is 0 Å². The third-order valence-corrected chi connectivity index (χ3v) is 2.06. The molecule has 0 aliphatic heterocycles. The molecule has 0 aliphatic rings. The number of aromatic hydroxyl groups is 2. The molecule has 1 aromatic heterocycles. The molecular weight excluding hydrogens is 180 g/mol. The second-order valence-corrected chi connectivity index (χ2v) is 3.01. The average molecular weight is 190 g/mol. The van der Waals surface area contributed by atoms with Gasteiger partial charge in [0.05, 0.1) is 5.69 Å². The Morgan fingerprint density at radius 3 is 2.71 bits per heavy atom. The Morgan fingerprint density at radius 1 is 1.21 bits per heavy atom. The van der Waals surface area contributed by atoms with Crippen molar-refractivity contribution in [2.75, 3.05) is 0 Å². The van der Waals surface area contributed by atoms with Crippen molar-refractivity contribution in [2.24, 2.45) is 5.73 Å². The quantitative estimate of drug-likeness (QED) is 0.629. The highest BCUT2D eigenvalue weighted by Crippen LogP contribution is 2.29. The monoisotopic (exact) mass is 190 g/mol. The van der Waals surface area contributed by atoms with Gasteiger partial charge < -0.3 is 15.9 Å². The van der Waals surface area contributed by atoms with Gasteiger partial charge in [0.25, 0.3) is 0 Å². The molecule has 72 valence electrons. The number of benzene rings is 1. The van der Waals surface area contributed by atoms with Crippen LogP contribution in [0, 0.1) is 0 Å². The predicted octanol–water partition coefficient (Wildman–Crippen LogP) is 1.10. The lowest BCUT2D eigenvalue weighted by molar-refractivity contribution is 0.473. The van der Waals surface area contributed by atoms with E-state index in [0.717, 1.165) is 0 Å². The number of nitrogens with zero attached hydrogens (tertiary/aromatic N) is 1. The lowest BCUT2D eigenvalue weighted by atomic mass is 10.1.